The van der Waals surface area contributed by atoms with Crippen LogP contribution in [0.15, 0.2) is 0 Å². The SMILES string of the molecule is CCCCCN(C)C(=O)[C@@H](N)C(C)CC. The van der Waals surface area contributed by atoms with Gasteiger partial charge in [0.25, 0.3) is 0 Å². The summed E-state index contributed by atoms with van der Waals surface area (Å²) in [6.45, 7) is 7.08. The fourth-order valence-electron chi connectivity index (χ4n) is 1.46. The molecule has 0 aromatic heterocycles. The third kappa shape index (κ3) is 5.17. The summed E-state index contributed by atoms with van der Waals surface area (Å²) in [6, 6.07) is -0.332. The zero-order valence-electron chi connectivity index (χ0n) is 10.6. The minimum absolute atomic E-state index is 0.0838. The van der Waals surface area contributed by atoms with Gasteiger partial charge in [0.05, 0.1) is 6.04 Å². The summed E-state index contributed by atoms with van der Waals surface area (Å²) >= 11 is 0. The van der Waals surface area contributed by atoms with Gasteiger partial charge in [-0.3, -0.25) is 4.79 Å². The number of nitrogens with zero attached hydrogens (tertiary/aromatic N) is 1. The lowest BCUT2D eigenvalue weighted by molar-refractivity contribution is -0.132. The van der Waals surface area contributed by atoms with Crippen LogP contribution in [0.4, 0.5) is 0 Å². The summed E-state index contributed by atoms with van der Waals surface area (Å²) in [6.07, 6.45) is 4.39. The highest BCUT2D eigenvalue weighted by molar-refractivity contribution is 5.81. The molecule has 0 heterocycles. The molecule has 0 aromatic carbocycles. The lowest BCUT2D eigenvalue weighted by Crippen LogP contribution is -2.45. The van der Waals surface area contributed by atoms with Gasteiger partial charge in [-0.05, 0) is 12.3 Å². The number of amides is 1. The molecule has 0 saturated heterocycles. The standard InChI is InChI=1S/C12H26N2O/c1-5-7-8-9-14(4)12(15)11(13)10(3)6-2/h10-11H,5-9,13H2,1-4H3/t10?,11-/m0/s1. The predicted molar refractivity (Wildman–Crippen MR) is 64.6 cm³/mol. The molecular formula is C12H26N2O. The minimum atomic E-state index is -0.332. The van der Waals surface area contributed by atoms with Crippen molar-refractivity contribution in [2.75, 3.05) is 13.6 Å². The van der Waals surface area contributed by atoms with E-state index in [4.69, 9.17) is 5.73 Å². The Balaban J connectivity index is 3.96. The average molecular weight is 214 g/mol. The van der Waals surface area contributed by atoms with Crippen LogP contribution >= 0.6 is 0 Å². The molecule has 2 N–H and O–H groups in total. The van der Waals surface area contributed by atoms with Gasteiger partial charge in [0, 0.05) is 13.6 Å². The van der Waals surface area contributed by atoms with Gasteiger partial charge in [0.1, 0.15) is 0 Å². The van der Waals surface area contributed by atoms with Gasteiger partial charge in [0.15, 0.2) is 0 Å². The fraction of sp³-hybridized carbons (Fsp3) is 0.917. The monoisotopic (exact) mass is 214 g/mol. The zero-order valence-corrected chi connectivity index (χ0v) is 10.6. The number of hydrogen-bond acceptors (Lipinski definition) is 2. The Kier molecular flexibility index (Phi) is 7.39. The van der Waals surface area contributed by atoms with E-state index in [1.54, 1.807) is 4.90 Å². The molecule has 1 amide bonds. The van der Waals surface area contributed by atoms with Crippen molar-refractivity contribution in [3.05, 3.63) is 0 Å². The maximum atomic E-state index is 11.8. The molecule has 0 rings (SSSR count). The molecule has 15 heavy (non-hydrogen) atoms. The van der Waals surface area contributed by atoms with Gasteiger partial charge in [-0.2, -0.15) is 0 Å². The second-order valence-corrected chi connectivity index (χ2v) is 4.38. The van der Waals surface area contributed by atoms with E-state index in [1.807, 2.05) is 14.0 Å². The molecule has 0 radical (unpaired) electrons. The Bertz CT molecular complexity index is 182. The lowest BCUT2D eigenvalue weighted by atomic mass is 9.99. The molecule has 0 spiro atoms. The van der Waals surface area contributed by atoms with Crippen molar-refractivity contribution >= 4 is 5.91 Å². The van der Waals surface area contributed by atoms with Gasteiger partial charge >= 0.3 is 0 Å². The summed E-state index contributed by atoms with van der Waals surface area (Å²) in [7, 11) is 1.85. The highest BCUT2D eigenvalue weighted by Gasteiger charge is 2.22. The topological polar surface area (TPSA) is 46.3 Å². The van der Waals surface area contributed by atoms with E-state index in [0.29, 0.717) is 0 Å². The summed E-state index contributed by atoms with van der Waals surface area (Å²) in [5, 5.41) is 0. The lowest BCUT2D eigenvalue weighted by Gasteiger charge is -2.24. The maximum absolute atomic E-state index is 11.8. The number of likely N-dealkylation sites (N-methyl/N-ethyl adjacent to an activating group) is 1. The second-order valence-electron chi connectivity index (χ2n) is 4.38. The first kappa shape index (κ1) is 14.4. The van der Waals surface area contributed by atoms with Crippen molar-refractivity contribution in [2.45, 2.75) is 52.5 Å². The first-order valence-corrected chi connectivity index (χ1v) is 6.05. The molecule has 0 aliphatic heterocycles. The van der Waals surface area contributed by atoms with Crippen LogP contribution in [0, 0.1) is 5.92 Å². The van der Waals surface area contributed by atoms with Crippen LogP contribution in [0.3, 0.4) is 0 Å². The minimum Gasteiger partial charge on any atom is -0.344 e. The van der Waals surface area contributed by atoms with E-state index in [0.717, 1.165) is 19.4 Å². The number of hydrogen-bond donors (Lipinski definition) is 1. The van der Waals surface area contributed by atoms with Gasteiger partial charge in [0.2, 0.25) is 5.91 Å². The Morgan fingerprint density at radius 2 is 1.93 bits per heavy atom. The predicted octanol–water partition coefficient (Wildman–Crippen LogP) is 2.01. The van der Waals surface area contributed by atoms with Gasteiger partial charge in [-0.1, -0.05) is 40.0 Å². The molecule has 3 heteroatoms. The van der Waals surface area contributed by atoms with E-state index in [-0.39, 0.29) is 17.9 Å². The second kappa shape index (κ2) is 7.69. The molecule has 0 aliphatic rings. The fourth-order valence-corrected chi connectivity index (χ4v) is 1.46. The largest absolute Gasteiger partial charge is 0.344 e. The van der Waals surface area contributed by atoms with Crippen LogP contribution in [0.5, 0.6) is 0 Å². The van der Waals surface area contributed by atoms with Crippen molar-refractivity contribution in [3.63, 3.8) is 0 Å². The molecule has 1 unspecified atom stereocenters. The van der Waals surface area contributed by atoms with E-state index in [2.05, 4.69) is 13.8 Å². The Morgan fingerprint density at radius 1 is 1.33 bits per heavy atom. The Labute approximate surface area is 94.0 Å². The van der Waals surface area contributed by atoms with E-state index in [9.17, 15) is 4.79 Å². The number of carbonyl (C=O) groups is 1. The van der Waals surface area contributed by atoms with Gasteiger partial charge in [-0.25, -0.2) is 0 Å². The molecule has 0 saturated carbocycles. The maximum Gasteiger partial charge on any atom is 0.239 e. The van der Waals surface area contributed by atoms with Crippen molar-refractivity contribution in [2.24, 2.45) is 11.7 Å². The summed E-state index contributed by atoms with van der Waals surface area (Å²) in [5.41, 5.74) is 5.89. The summed E-state index contributed by atoms with van der Waals surface area (Å²) in [5.74, 6) is 0.353. The number of unbranched alkanes of at least 4 members (excludes halogenated alkanes) is 2. The van der Waals surface area contributed by atoms with E-state index < -0.39 is 0 Å². The normalized spacial score (nSPS) is 14.7. The molecule has 0 fully saturated rings. The van der Waals surface area contributed by atoms with Crippen LogP contribution in [0.2, 0.25) is 0 Å². The van der Waals surface area contributed by atoms with Crippen LogP contribution in [0.25, 0.3) is 0 Å². The third-order valence-electron chi connectivity index (χ3n) is 3.02. The van der Waals surface area contributed by atoms with Crippen LogP contribution in [0.1, 0.15) is 46.5 Å². The third-order valence-corrected chi connectivity index (χ3v) is 3.02. The smallest absolute Gasteiger partial charge is 0.239 e. The quantitative estimate of drug-likeness (QED) is 0.659. The van der Waals surface area contributed by atoms with Gasteiger partial charge < -0.3 is 10.6 Å². The summed E-state index contributed by atoms with van der Waals surface area (Å²) in [4.78, 5) is 13.6. The first-order chi connectivity index (χ1) is 7.04. The Hall–Kier alpha value is -0.570. The molecule has 90 valence electrons. The first-order valence-electron chi connectivity index (χ1n) is 6.05. The highest BCUT2D eigenvalue weighted by Crippen LogP contribution is 2.08. The Morgan fingerprint density at radius 3 is 2.40 bits per heavy atom. The zero-order chi connectivity index (χ0) is 11.8. The average Bonchev–Trinajstić information content (AvgIpc) is 2.26. The van der Waals surface area contributed by atoms with Crippen LogP contribution < -0.4 is 5.73 Å². The number of carbonyl (C=O) groups excluding carboxylic acids is 1. The van der Waals surface area contributed by atoms with Crippen molar-refractivity contribution in [1.29, 1.82) is 0 Å². The molecule has 0 bridgehead atoms. The molecular weight excluding hydrogens is 188 g/mol. The van der Waals surface area contributed by atoms with Crippen LogP contribution in [-0.4, -0.2) is 30.4 Å². The van der Waals surface area contributed by atoms with Crippen LogP contribution in [-0.2, 0) is 4.79 Å². The molecule has 2 atom stereocenters. The molecule has 0 aromatic rings. The van der Waals surface area contributed by atoms with Crippen molar-refractivity contribution < 1.29 is 4.79 Å². The van der Waals surface area contributed by atoms with Crippen molar-refractivity contribution in [3.8, 4) is 0 Å². The van der Waals surface area contributed by atoms with E-state index >= 15 is 0 Å². The molecule has 0 aliphatic carbocycles. The van der Waals surface area contributed by atoms with E-state index in [1.165, 1.54) is 12.8 Å². The molecule has 3 nitrogen and oxygen atoms in total. The van der Waals surface area contributed by atoms with Crippen molar-refractivity contribution in [1.82, 2.24) is 4.90 Å². The van der Waals surface area contributed by atoms with Gasteiger partial charge in [-0.15, -0.1) is 0 Å². The number of nitrogens with two attached hydrogens (primary N) is 1. The number of rotatable bonds is 7. The summed E-state index contributed by atoms with van der Waals surface area (Å²) < 4.78 is 0. The highest BCUT2D eigenvalue weighted by atomic mass is 16.2.